The molecule has 3 aliphatic rings. The van der Waals surface area contributed by atoms with Gasteiger partial charge in [0.2, 0.25) is 0 Å². The third-order valence-corrected chi connectivity index (χ3v) is 18.1. The van der Waals surface area contributed by atoms with Crippen LogP contribution in [0.5, 0.6) is 0 Å². The summed E-state index contributed by atoms with van der Waals surface area (Å²) in [6.07, 6.45) is 16.3. The summed E-state index contributed by atoms with van der Waals surface area (Å²) in [6.45, 7) is 17.7. The minimum absolute atomic E-state index is 0. The van der Waals surface area contributed by atoms with E-state index in [1.165, 1.54) is 155 Å². The summed E-state index contributed by atoms with van der Waals surface area (Å²) < 4.78 is 14.7. The molecule has 422 valence electrons. The lowest BCUT2D eigenvalue weighted by molar-refractivity contribution is 0.348. The van der Waals surface area contributed by atoms with Crippen molar-refractivity contribution < 1.29 is 8.67 Å². The van der Waals surface area contributed by atoms with E-state index in [0.29, 0.717) is 11.5 Å². The monoisotopic (exact) mass is 1070 g/mol. The Hall–Kier alpha value is -7.09. The molecule has 3 aliphatic carbocycles. The second-order valence-corrected chi connectivity index (χ2v) is 24.8. The fraction of sp³-hybridized carbons (Fsp3) is 0.325. The van der Waals surface area contributed by atoms with Crippen LogP contribution >= 0.6 is 0 Å². The van der Waals surface area contributed by atoms with Crippen LogP contribution in [0.25, 0.3) is 55.6 Å². The number of hydrogen-bond donors (Lipinski definition) is 0. The van der Waals surface area contributed by atoms with Gasteiger partial charge in [0.25, 0.3) is 0 Å². The Balaban J connectivity index is 0.000000182. The number of hydrogen-bond acceptors (Lipinski definition) is 0. The summed E-state index contributed by atoms with van der Waals surface area (Å²) in [4.78, 5) is 0. The predicted octanol–water partition coefficient (Wildman–Crippen LogP) is 24.4. The SMILES string of the molecule is Cc1ccc(-c2ccc(-c3ccc(C4CCC(C)CC4)cc3)cc2F)cc1.Cc1ccc(-c2ccc(C)cc2)cc1.Cc1ccc(-c2ccc(C3CCC(C)CC3)cc2)cc1.Cc1ccc(-c2ccc(C3CCC(C)CC3)cc2)cc1.[HH].[HH].[HH]. The molecule has 0 aromatic heterocycles. The molecule has 81 heavy (non-hydrogen) atoms. The van der Waals surface area contributed by atoms with Crippen LogP contribution in [0.1, 0.15) is 164 Å². The van der Waals surface area contributed by atoms with Crippen molar-refractivity contribution in [3.63, 3.8) is 0 Å². The highest BCUT2D eigenvalue weighted by molar-refractivity contribution is 5.72. The second-order valence-electron chi connectivity index (χ2n) is 24.8. The van der Waals surface area contributed by atoms with Crippen molar-refractivity contribution in [2.75, 3.05) is 0 Å². The van der Waals surface area contributed by atoms with E-state index >= 15 is 0 Å². The van der Waals surface area contributed by atoms with Gasteiger partial charge in [-0.05, 0) is 181 Å². The first-order valence-corrected chi connectivity index (χ1v) is 30.7. The van der Waals surface area contributed by atoms with Crippen molar-refractivity contribution in [2.24, 2.45) is 17.8 Å². The van der Waals surface area contributed by atoms with Crippen molar-refractivity contribution in [3.05, 3.63) is 263 Å². The Morgan fingerprint density at radius 3 is 0.679 bits per heavy atom. The maximum Gasteiger partial charge on any atom is 0.131 e. The van der Waals surface area contributed by atoms with Crippen LogP contribution in [-0.4, -0.2) is 0 Å². The number of rotatable bonds is 8. The molecule has 0 spiro atoms. The Labute approximate surface area is 492 Å². The van der Waals surface area contributed by atoms with Crippen LogP contribution in [0.3, 0.4) is 0 Å². The summed E-state index contributed by atoms with van der Waals surface area (Å²) in [5.41, 5.74) is 22.4. The van der Waals surface area contributed by atoms with E-state index in [1.54, 1.807) is 6.07 Å². The van der Waals surface area contributed by atoms with Gasteiger partial charge in [-0.25, -0.2) is 4.39 Å². The fourth-order valence-corrected chi connectivity index (χ4v) is 12.3. The van der Waals surface area contributed by atoms with Gasteiger partial charge in [0.05, 0.1) is 0 Å². The quantitative estimate of drug-likeness (QED) is 0.142. The van der Waals surface area contributed by atoms with E-state index in [2.05, 4.69) is 218 Å². The molecule has 0 amide bonds. The lowest BCUT2D eigenvalue weighted by Gasteiger charge is -2.26. The summed E-state index contributed by atoms with van der Waals surface area (Å²) in [7, 11) is 0. The summed E-state index contributed by atoms with van der Waals surface area (Å²) >= 11 is 0. The average Bonchev–Trinajstić information content (AvgIpc) is 3.68. The lowest BCUT2D eigenvalue weighted by atomic mass is 9.79. The normalized spacial score (nSPS) is 19.6. The van der Waals surface area contributed by atoms with Gasteiger partial charge in [0.1, 0.15) is 5.82 Å². The Morgan fingerprint density at radius 2 is 0.444 bits per heavy atom. The van der Waals surface area contributed by atoms with E-state index in [4.69, 9.17) is 0 Å². The summed E-state index contributed by atoms with van der Waals surface area (Å²) in [5, 5.41) is 0. The highest BCUT2D eigenvalue weighted by Gasteiger charge is 2.22. The van der Waals surface area contributed by atoms with E-state index in [1.807, 2.05) is 43.3 Å². The smallest absolute Gasteiger partial charge is 0.131 e. The molecule has 0 nitrogen and oxygen atoms in total. The molecule has 0 bridgehead atoms. The highest BCUT2D eigenvalue weighted by Crippen LogP contribution is 2.39. The van der Waals surface area contributed by atoms with Gasteiger partial charge in [0.15, 0.2) is 0 Å². The lowest BCUT2D eigenvalue weighted by Crippen LogP contribution is -2.10. The molecule has 0 unspecified atom stereocenters. The van der Waals surface area contributed by atoms with Gasteiger partial charge in [0, 0.05) is 9.84 Å². The molecule has 0 N–H and O–H groups in total. The zero-order chi connectivity index (χ0) is 56.7. The standard InChI is InChI=1S/C26H27F.2C20H24.C14H14.3H2/c1-18-3-7-20(8-4-18)21-11-13-22(14-12-21)24-15-16-25(26(27)17-24)23-9-5-19(2)6-10-23;2*1-15-3-7-17(8-4-15)19-11-13-20(14-12-19)18-9-5-16(2)6-10-18;1-11-3-7-13(8-4-11)14-9-5-12(2)6-10-14;;;/h5-6,9-18,20H,3-4,7-8H2,1-2H3;2*3-4,7-8,11-14,16,18H,5-6,9-10H2,1-2H3;3-10H,1-2H3;3*1H. The van der Waals surface area contributed by atoms with E-state index in [9.17, 15) is 4.39 Å². The first-order chi connectivity index (χ1) is 39.3. The predicted molar refractivity (Wildman–Crippen MR) is 354 cm³/mol. The average molecular weight is 1080 g/mol. The molecule has 1 heteroatoms. The van der Waals surface area contributed by atoms with Gasteiger partial charge in [-0.15, -0.1) is 0 Å². The third kappa shape index (κ3) is 16.8. The molecule has 0 aliphatic heterocycles. The van der Waals surface area contributed by atoms with Gasteiger partial charge in [-0.1, -0.05) is 293 Å². The Kier molecular flexibility index (Phi) is 20.6. The van der Waals surface area contributed by atoms with Gasteiger partial charge in [-0.2, -0.15) is 0 Å². The maximum absolute atomic E-state index is 14.7. The van der Waals surface area contributed by atoms with Gasteiger partial charge < -0.3 is 0 Å². The molecule has 3 fully saturated rings. The van der Waals surface area contributed by atoms with Crippen LogP contribution in [-0.2, 0) is 0 Å². The highest BCUT2D eigenvalue weighted by atomic mass is 19.1. The molecule has 12 rings (SSSR count). The van der Waals surface area contributed by atoms with Crippen molar-refractivity contribution >= 4 is 0 Å². The van der Waals surface area contributed by atoms with Crippen LogP contribution < -0.4 is 0 Å². The molecule has 9 aromatic carbocycles. The number of aryl methyl sites for hydroxylation is 5. The van der Waals surface area contributed by atoms with Crippen LogP contribution in [0, 0.1) is 58.2 Å². The molecule has 3 saturated carbocycles. The van der Waals surface area contributed by atoms with Crippen molar-refractivity contribution in [1.82, 2.24) is 0 Å². The van der Waals surface area contributed by atoms with Crippen molar-refractivity contribution in [3.8, 4) is 55.6 Å². The Bertz CT molecular complexity index is 3150. The first-order valence-electron chi connectivity index (χ1n) is 30.7. The molecular weight excluding hydrogens is 980 g/mol. The molecule has 0 radical (unpaired) electrons. The first kappa shape index (κ1) is 58.6. The van der Waals surface area contributed by atoms with Crippen molar-refractivity contribution in [2.45, 2.75) is 150 Å². The third-order valence-electron chi connectivity index (χ3n) is 18.1. The minimum Gasteiger partial charge on any atom is -0.206 e. The van der Waals surface area contributed by atoms with Gasteiger partial charge in [-0.3, -0.25) is 0 Å². The molecule has 0 saturated heterocycles. The van der Waals surface area contributed by atoms with E-state index < -0.39 is 0 Å². The zero-order valence-electron chi connectivity index (χ0n) is 50.0. The van der Waals surface area contributed by atoms with Crippen LogP contribution in [0.15, 0.2) is 212 Å². The fourth-order valence-electron chi connectivity index (χ4n) is 12.3. The molecule has 0 heterocycles. The van der Waals surface area contributed by atoms with Crippen LogP contribution in [0.4, 0.5) is 4.39 Å². The summed E-state index contributed by atoms with van der Waals surface area (Å²) in [6, 6.07) is 75.7. The van der Waals surface area contributed by atoms with E-state index in [-0.39, 0.29) is 10.1 Å². The van der Waals surface area contributed by atoms with Crippen LogP contribution in [0.2, 0.25) is 0 Å². The van der Waals surface area contributed by atoms with Gasteiger partial charge >= 0.3 is 0 Å². The second kappa shape index (κ2) is 28.6. The molecular formula is C80H95F. The molecule has 0 atom stereocenters. The van der Waals surface area contributed by atoms with E-state index in [0.717, 1.165) is 46.3 Å². The topological polar surface area (TPSA) is 0 Å². The zero-order valence-corrected chi connectivity index (χ0v) is 50.0. The summed E-state index contributed by atoms with van der Waals surface area (Å²) in [5.74, 6) is 4.83. The molecule has 9 aromatic rings. The number of halogens is 1. The maximum atomic E-state index is 14.7. The Morgan fingerprint density at radius 1 is 0.247 bits per heavy atom. The largest absolute Gasteiger partial charge is 0.206 e. The minimum atomic E-state index is -0.165. The number of benzene rings is 9. The van der Waals surface area contributed by atoms with Crippen molar-refractivity contribution in [1.29, 1.82) is 0 Å².